The number of hydrogen-bond donors (Lipinski definition) is 1. The van der Waals surface area contributed by atoms with E-state index in [0.717, 1.165) is 0 Å². The molecule has 3 rings (SSSR count). The summed E-state index contributed by atoms with van der Waals surface area (Å²) in [4.78, 5) is 25.2. The third kappa shape index (κ3) is 5.33. The number of ether oxygens (including phenoxy) is 2. The largest absolute Gasteiger partial charge is 0.733 e. The van der Waals surface area contributed by atoms with E-state index in [4.69, 9.17) is 14.7 Å². The molecule has 0 unspecified atom stereocenters. The van der Waals surface area contributed by atoms with Crippen LogP contribution in [0.3, 0.4) is 0 Å². The summed E-state index contributed by atoms with van der Waals surface area (Å²) in [6.45, 7) is 0. The molecule has 0 radical (unpaired) electrons. The fourth-order valence-electron chi connectivity index (χ4n) is 2.67. The summed E-state index contributed by atoms with van der Waals surface area (Å²) in [6.07, 6.45) is 2.51. The van der Waals surface area contributed by atoms with E-state index in [1.807, 2.05) is 0 Å². The average Bonchev–Trinajstić information content (AvgIpc) is 2.78. The number of methoxy groups -OCH3 is 1. The second-order valence-electron chi connectivity index (χ2n) is 6.29. The quantitative estimate of drug-likeness (QED) is 0.195. The maximum absolute atomic E-state index is 13.8. The predicted molar refractivity (Wildman–Crippen MR) is 112 cm³/mol. The molecular formula is C23H17FNO6-. The molecule has 0 heterocycles. The van der Waals surface area contributed by atoms with Crippen molar-refractivity contribution in [2.75, 3.05) is 12.3 Å². The Hall–Kier alpha value is -4.01. The normalized spacial score (nSPS) is 10.7. The van der Waals surface area contributed by atoms with E-state index in [9.17, 15) is 19.2 Å². The molecule has 0 amide bonds. The fourth-order valence-corrected chi connectivity index (χ4v) is 2.67. The van der Waals surface area contributed by atoms with Crippen molar-refractivity contribution >= 4 is 23.5 Å². The van der Waals surface area contributed by atoms with Gasteiger partial charge in [-0.1, -0.05) is 18.2 Å². The van der Waals surface area contributed by atoms with Gasteiger partial charge in [-0.15, -0.1) is 0 Å². The van der Waals surface area contributed by atoms with Crippen molar-refractivity contribution < 1.29 is 28.7 Å². The number of carbonyl (C=O) groups is 2. The standard InChI is InChI=1S/C23H17FNO6/c1-30-18-11-12-19(21(26)13-8-15-4-2-3-5-20(15)24)22(14-18)31-23(27)16-6-9-17(10-7-16)25(28)29/h2-14,28H,1H3/q-1. The summed E-state index contributed by atoms with van der Waals surface area (Å²) in [5, 5.41) is 19.4. The first-order valence-electron chi connectivity index (χ1n) is 9.02. The van der Waals surface area contributed by atoms with Crippen molar-refractivity contribution in [3.05, 3.63) is 101 Å². The molecule has 0 aromatic heterocycles. The highest BCUT2D eigenvalue weighted by Gasteiger charge is 2.17. The van der Waals surface area contributed by atoms with Gasteiger partial charge in [0.2, 0.25) is 0 Å². The van der Waals surface area contributed by atoms with Gasteiger partial charge in [-0.2, -0.15) is 0 Å². The Bertz CT molecular complexity index is 1130. The summed E-state index contributed by atoms with van der Waals surface area (Å²) in [5.74, 6) is -1.47. The number of allylic oxidation sites excluding steroid dienone is 1. The van der Waals surface area contributed by atoms with Gasteiger partial charge in [0.05, 0.1) is 23.9 Å². The lowest BCUT2D eigenvalue weighted by atomic mass is 10.1. The van der Waals surface area contributed by atoms with E-state index in [0.29, 0.717) is 5.75 Å². The monoisotopic (exact) mass is 422 g/mol. The lowest BCUT2D eigenvalue weighted by Crippen LogP contribution is -2.12. The number of benzene rings is 3. The van der Waals surface area contributed by atoms with Crippen molar-refractivity contribution in [3.8, 4) is 11.5 Å². The number of nitrogens with zero attached hydrogens (tertiary/aromatic N) is 1. The number of halogens is 1. The van der Waals surface area contributed by atoms with Gasteiger partial charge >= 0.3 is 5.97 Å². The Kier molecular flexibility index (Phi) is 6.76. The van der Waals surface area contributed by atoms with Crippen LogP contribution in [-0.4, -0.2) is 24.1 Å². The zero-order chi connectivity index (χ0) is 22.4. The first kappa shape index (κ1) is 21.7. The maximum Gasteiger partial charge on any atom is 0.343 e. The van der Waals surface area contributed by atoms with Gasteiger partial charge in [0, 0.05) is 11.6 Å². The van der Waals surface area contributed by atoms with Gasteiger partial charge in [0.25, 0.3) is 0 Å². The van der Waals surface area contributed by atoms with Crippen LogP contribution in [0.4, 0.5) is 10.1 Å². The second-order valence-corrected chi connectivity index (χ2v) is 6.29. The molecule has 0 aliphatic rings. The molecule has 0 saturated carbocycles. The SMILES string of the molecule is COc1ccc(C(=O)C=Cc2ccccc2F)c(OC(=O)c2ccc(N([O-])O)cc2)c1. The smallest absolute Gasteiger partial charge is 0.343 e. The Morgan fingerprint density at radius 2 is 1.77 bits per heavy atom. The molecule has 1 N–H and O–H groups in total. The number of carbonyl (C=O) groups excluding carboxylic acids is 2. The third-order valence-corrected chi connectivity index (χ3v) is 4.30. The molecule has 8 heteroatoms. The summed E-state index contributed by atoms with van der Waals surface area (Å²) in [6, 6.07) is 15.4. The minimum atomic E-state index is -0.790. The molecule has 3 aromatic carbocycles. The van der Waals surface area contributed by atoms with Crippen LogP contribution in [0.2, 0.25) is 0 Å². The highest BCUT2D eigenvalue weighted by atomic mass is 19.1. The zero-order valence-corrected chi connectivity index (χ0v) is 16.3. The van der Waals surface area contributed by atoms with Gasteiger partial charge in [0.15, 0.2) is 5.78 Å². The van der Waals surface area contributed by atoms with Crippen LogP contribution in [-0.2, 0) is 0 Å². The second kappa shape index (κ2) is 9.66. The topological polar surface area (TPSA) is 99.1 Å². The van der Waals surface area contributed by atoms with E-state index in [2.05, 4.69) is 0 Å². The lowest BCUT2D eigenvalue weighted by molar-refractivity contribution is 0.0732. The molecule has 0 spiro atoms. The third-order valence-electron chi connectivity index (χ3n) is 4.30. The van der Waals surface area contributed by atoms with Crippen LogP contribution in [0.5, 0.6) is 11.5 Å². The summed E-state index contributed by atoms with van der Waals surface area (Å²) >= 11 is 0. The van der Waals surface area contributed by atoms with Crippen LogP contribution in [0.25, 0.3) is 6.08 Å². The Morgan fingerprint density at radius 1 is 1.06 bits per heavy atom. The van der Waals surface area contributed by atoms with Crippen LogP contribution < -0.4 is 14.7 Å². The average molecular weight is 422 g/mol. The summed E-state index contributed by atoms with van der Waals surface area (Å²) in [5.41, 5.74) is 0.333. The molecule has 0 aliphatic heterocycles. The van der Waals surface area contributed by atoms with Crippen LogP contribution in [0.1, 0.15) is 26.3 Å². The lowest BCUT2D eigenvalue weighted by Gasteiger charge is -2.21. The minimum Gasteiger partial charge on any atom is -0.733 e. The number of esters is 1. The highest BCUT2D eigenvalue weighted by Crippen LogP contribution is 2.27. The molecule has 3 aromatic rings. The van der Waals surface area contributed by atoms with E-state index in [1.54, 1.807) is 6.07 Å². The molecule has 0 fully saturated rings. The van der Waals surface area contributed by atoms with Crippen LogP contribution in [0.15, 0.2) is 72.8 Å². The van der Waals surface area contributed by atoms with Crippen LogP contribution >= 0.6 is 0 Å². The van der Waals surface area contributed by atoms with Gasteiger partial charge in [0.1, 0.15) is 17.3 Å². The number of anilines is 1. The molecule has 0 saturated heterocycles. The van der Waals surface area contributed by atoms with Gasteiger partial charge in [-0.05, 0) is 54.6 Å². The van der Waals surface area contributed by atoms with Crippen molar-refractivity contribution in [1.29, 1.82) is 0 Å². The van der Waals surface area contributed by atoms with Gasteiger partial charge in [-0.3, -0.25) is 10.0 Å². The van der Waals surface area contributed by atoms with Crippen molar-refractivity contribution in [3.63, 3.8) is 0 Å². The first-order chi connectivity index (χ1) is 14.9. The molecule has 31 heavy (non-hydrogen) atoms. The molecule has 0 bridgehead atoms. The van der Waals surface area contributed by atoms with Gasteiger partial charge < -0.3 is 19.9 Å². The van der Waals surface area contributed by atoms with Crippen molar-refractivity contribution in [1.82, 2.24) is 0 Å². The first-order valence-corrected chi connectivity index (χ1v) is 9.02. The number of rotatable bonds is 7. The van der Waals surface area contributed by atoms with E-state index in [-0.39, 0.29) is 33.4 Å². The number of hydrogen-bond acceptors (Lipinski definition) is 7. The number of ketones is 1. The molecular weight excluding hydrogens is 405 g/mol. The Balaban J connectivity index is 1.86. The summed E-state index contributed by atoms with van der Waals surface area (Å²) < 4.78 is 24.3. The van der Waals surface area contributed by atoms with Gasteiger partial charge in [-0.25, -0.2) is 9.18 Å². The molecule has 7 nitrogen and oxygen atoms in total. The maximum atomic E-state index is 13.8. The Morgan fingerprint density at radius 3 is 2.42 bits per heavy atom. The Labute approximate surface area is 177 Å². The van der Waals surface area contributed by atoms with E-state index >= 15 is 0 Å². The summed E-state index contributed by atoms with van der Waals surface area (Å²) in [7, 11) is 1.42. The fraction of sp³-hybridized carbons (Fsp3) is 0.0435. The van der Waals surface area contributed by atoms with Crippen molar-refractivity contribution in [2.45, 2.75) is 0 Å². The molecule has 158 valence electrons. The van der Waals surface area contributed by atoms with Crippen molar-refractivity contribution in [2.24, 2.45) is 0 Å². The van der Waals surface area contributed by atoms with E-state index < -0.39 is 17.6 Å². The molecule has 0 aliphatic carbocycles. The zero-order valence-electron chi connectivity index (χ0n) is 16.3. The van der Waals surface area contributed by atoms with E-state index in [1.165, 1.54) is 79.9 Å². The highest BCUT2D eigenvalue weighted by molar-refractivity contribution is 6.09. The molecule has 0 atom stereocenters. The minimum absolute atomic E-state index is 0.0516. The van der Waals surface area contributed by atoms with Crippen LogP contribution in [0, 0.1) is 11.0 Å². The predicted octanol–water partition coefficient (Wildman–Crippen LogP) is 4.64.